The first-order valence-corrected chi connectivity index (χ1v) is 7.65. The molecule has 128 valence electrons. The minimum atomic E-state index is 0. The summed E-state index contributed by atoms with van der Waals surface area (Å²) in [5.41, 5.74) is 0.819. The summed E-state index contributed by atoms with van der Waals surface area (Å²) in [4.78, 5) is 8.74. The van der Waals surface area contributed by atoms with Crippen LogP contribution < -0.4 is 10.6 Å². The summed E-state index contributed by atoms with van der Waals surface area (Å²) in [6.45, 7) is 3.68. The molecule has 1 aromatic carbocycles. The molecule has 1 aromatic heterocycles. The lowest BCUT2D eigenvalue weighted by Crippen LogP contribution is -2.37. The minimum absolute atomic E-state index is 0. The zero-order chi connectivity index (χ0) is 16.5. The molecule has 0 saturated heterocycles. The SMILES string of the molecule is C#CCNC(=NCCc1nc(-c2cccc(Cl)c2)no1)NCC.I. The summed E-state index contributed by atoms with van der Waals surface area (Å²) in [7, 11) is 0. The number of guanidine groups is 1. The lowest BCUT2D eigenvalue weighted by molar-refractivity contribution is 0.380. The monoisotopic (exact) mass is 459 g/mol. The molecule has 0 amide bonds. The normalized spacial score (nSPS) is 10.6. The standard InChI is InChI=1S/C16H18ClN5O.HI/c1-3-9-19-16(18-4-2)20-10-8-14-21-15(22-23-14)12-6-5-7-13(17)11-12;/h1,5-7,11H,4,8-10H2,2H3,(H2,18,19,20);1H. The lowest BCUT2D eigenvalue weighted by Gasteiger charge is -2.07. The van der Waals surface area contributed by atoms with E-state index in [1.54, 1.807) is 12.1 Å². The van der Waals surface area contributed by atoms with Crippen LogP contribution in [0.3, 0.4) is 0 Å². The van der Waals surface area contributed by atoms with Gasteiger partial charge in [-0.25, -0.2) is 0 Å². The van der Waals surface area contributed by atoms with Gasteiger partial charge in [-0.3, -0.25) is 4.99 Å². The van der Waals surface area contributed by atoms with E-state index in [9.17, 15) is 0 Å². The Labute approximate surface area is 163 Å². The summed E-state index contributed by atoms with van der Waals surface area (Å²) in [6.07, 6.45) is 5.77. The number of hydrogen-bond acceptors (Lipinski definition) is 4. The van der Waals surface area contributed by atoms with Crippen molar-refractivity contribution in [2.24, 2.45) is 4.99 Å². The fraction of sp³-hybridized carbons (Fsp3) is 0.312. The van der Waals surface area contributed by atoms with E-state index < -0.39 is 0 Å². The third kappa shape index (κ3) is 6.37. The smallest absolute Gasteiger partial charge is 0.228 e. The highest BCUT2D eigenvalue weighted by Gasteiger charge is 2.08. The van der Waals surface area contributed by atoms with Crippen molar-refractivity contribution < 1.29 is 4.52 Å². The number of aliphatic imine (C=N–C) groups is 1. The van der Waals surface area contributed by atoms with E-state index in [-0.39, 0.29) is 24.0 Å². The number of rotatable bonds is 6. The molecular weight excluding hydrogens is 441 g/mol. The topological polar surface area (TPSA) is 75.3 Å². The molecule has 0 aliphatic carbocycles. The molecule has 0 radical (unpaired) electrons. The summed E-state index contributed by atoms with van der Waals surface area (Å²) in [5, 5.41) is 10.7. The summed E-state index contributed by atoms with van der Waals surface area (Å²) in [6, 6.07) is 7.32. The minimum Gasteiger partial charge on any atom is -0.357 e. The van der Waals surface area contributed by atoms with E-state index >= 15 is 0 Å². The number of halogens is 2. The van der Waals surface area contributed by atoms with Crippen LogP contribution in [0, 0.1) is 12.3 Å². The highest BCUT2D eigenvalue weighted by Crippen LogP contribution is 2.19. The molecule has 2 aromatic rings. The van der Waals surface area contributed by atoms with Crippen LogP contribution in [-0.4, -0.2) is 35.7 Å². The second-order valence-corrected chi connectivity index (χ2v) is 5.03. The quantitative estimate of drug-likeness (QED) is 0.301. The van der Waals surface area contributed by atoms with Crippen molar-refractivity contribution in [3.8, 4) is 23.7 Å². The first kappa shape index (κ1) is 20.3. The Bertz CT molecular complexity index is 710. The van der Waals surface area contributed by atoms with Crippen LogP contribution in [-0.2, 0) is 6.42 Å². The van der Waals surface area contributed by atoms with Crippen molar-refractivity contribution in [1.29, 1.82) is 0 Å². The number of nitrogens with zero attached hydrogens (tertiary/aromatic N) is 3. The van der Waals surface area contributed by atoms with Crippen LogP contribution in [0.25, 0.3) is 11.4 Å². The first-order valence-electron chi connectivity index (χ1n) is 7.27. The molecule has 24 heavy (non-hydrogen) atoms. The Kier molecular flexibility index (Phi) is 9.19. The van der Waals surface area contributed by atoms with Crippen molar-refractivity contribution in [2.75, 3.05) is 19.6 Å². The molecule has 0 unspecified atom stereocenters. The molecule has 0 saturated carbocycles. The molecule has 6 nitrogen and oxygen atoms in total. The van der Waals surface area contributed by atoms with Gasteiger partial charge in [-0.15, -0.1) is 30.4 Å². The summed E-state index contributed by atoms with van der Waals surface area (Å²) >= 11 is 5.96. The highest BCUT2D eigenvalue weighted by atomic mass is 127. The van der Waals surface area contributed by atoms with E-state index in [1.807, 2.05) is 19.1 Å². The molecule has 0 aliphatic heterocycles. The number of hydrogen-bond donors (Lipinski definition) is 2. The molecule has 2 rings (SSSR count). The molecule has 0 bridgehead atoms. The van der Waals surface area contributed by atoms with Gasteiger partial charge in [-0.1, -0.05) is 34.8 Å². The number of nitrogens with one attached hydrogen (secondary N) is 2. The van der Waals surface area contributed by atoms with Crippen molar-refractivity contribution in [3.05, 3.63) is 35.2 Å². The predicted octanol–water partition coefficient (Wildman–Crippen LogP) is 2.74. The molecule has 0 spiro atoms. The largest absolute Gasteiger partial charge is 0.357 e. The Morgan fingerprint density at radius 2 is 2.25 bits per heavy atom. The molecule has 0 atom stereocenters. The number of aromatic nitrogens is 2. The average Bonchev–Trinajstić information content (AvgIpc) is 3.01. The molecule has 2 N–H and O–H groups in total. The Hall–Kier alpha value is -1.79. The fourth-order valence-electron chi connectivity index (χ4n) is 1.84. The Balaban J connectivity index is 0.00000288. The third-order valence-corrected chi connectivity index (χ3v) is 3.08. The van der Waals surface area contributed by atoms with Gasteiger partial charge in [0.05, 0.1) is 13.1 Å². The molecular formula is C16H19ClIN5O. The van der Waals surface area contributed by atoms with Gasteiger partial charge in [0.15, 0.2) is 5.96 Å². The van der Waals surface area contributed by atoms with Crippen LogP contribution in [0.15, 0.2) is 33.8 Å². The van der Waals surface area contributed by atoms with Crippen molar-refractivity contribution >= 4 is 41.5 Å². The van der Waals surface area contributed by atoms with Crippen LogP contribution >= 0.6 is 35.6 Å². The van der Waals surface area contributed by atoms with E-state index in [0.29, 0.717) is 42.2 Å². The molecule has 8 heteroatoms. The Morgan fingerprint density at radius 3 is 2.96 bits per heavy atom. The molecule has 0 aliphatic rings. The number of terminal acetylenes is 1. The van der Waals surface area contributed by atoms with Crippen molar-refractivity contribution in [3.63, 3.8) is 0 Å². The van der Waals surface area contributed by atoms with E-state index in [2.05, 4.69) is 31.7 Å². The maximum Gasteiger partial charge on any atom is 0.228 e. The zero-order valence-electron chi connectivity index (χ0n) is 13.3. The van der Waals surface area contributed by atoms with Crippen LogP contribution in [0.4, 0.5) is 0 Å². The maximum absolute atomic E-state index is 5.96. The Morgan fingerprint density at radius 1 is 1.42 bits per heavy atom. The first-order chi connectivity index (χ1) is 11.2. The van der Waals surface area contributed by atoms with Gasteiger partial charge in [-0.05, 0) is 19.1 Å². The van der Waals surface area contributed by atoms with E-state index in [0.717, 1.165) is 12.1 Å². The highest BCUT2D eigenvalue weighted by molar-refractivity contribution is 14.0. The second-order valence-electron chi connectivity index (χ2n) is 4.59. The van der Waals surface area contributed by atoms with Gasteiger partial charge in [-0.2, -0.15) is 4.98 Å². The van der Waals surface area contributed by atoms with Gasteiger partial charge < -0.3 is 15.2 Å². The zero-order valence-corrected chi connectivity index (χ0v) is 16.3. The lowest BCUT2D eigenvalue weighted by atomic mass is 10.2. The summed E-state index contributed by atoms with van der Waals surface area (Å²) < 4.78 is 5.24. The summed E-state index contributed by atoms with van der Waals surface area (Å²) in [5.74, 6) is 4.22. The van der Waals surface area contributed by atoms with Crippen molar-refractivity contribution in [2.45, 2.75) is 13.3 Å². The second kappa shape index (κ2) is 10.9. The third-order valence-electron chi connectivity index (χ3n) is 2.85. The van der Waals surface area contributed by atoms with Crippen LogP contribution in [0.5, 0.6) is 0 Å². The van der Waals surface area contributed by atoms with E-state index in [4.69, 9.17) is 22.5 Å². The fourth-order valence-corrected chi connectivity index (χ4v) is 2.03. The van der Waals surface area contributed by atoms with Gasteiger partial charge in [0.1, 0.15) is 0 Å². The van der Waals surface area contributed by atoms with Gasteiger partial charge in [0, 0.05) is 23.6 Å². The maximum atomic E-state index is 5.96. The van der Waals surface area contributed by atoms with Crippen molar-refractivity contribution in [1.82, 2.24) is 20.8 Å². The number of benzene rings is 1. The van der Waals surface area contributed by atoms with Crippen LogP contribution in [0.2, 0.25) is 5.02 Å². The average molecular weight is 460 g/mol. The van der Waals surface area contributed by atoms with Gasteiger partial charge >= 0.3 is 0 Å². The van der Waals surface area contributed by atoms with E-state index in [1.165, 1.54) is 0 Å². The predicted molar refractivity (Wildman–Crippen MR) is 107 cm³/mol. The van der Waals surface area contributed by atoms with Gasteiger partial charge in [0.25, 0.3) is 0 Å². The van der Waals surface area contributed by atoms with Crippen LogP contribution in [0.1, 0.15) is 12.8 Å². The molecule has 0 fully saturated rings. The van der Waals surface area contributed by atoms with Gasteiger partial charge in [0.2, 0.25) is 11.7 Å². The molecule has 1 heterocycles.